The van der Waals surface area contributed by atoms with E-state index in [2.05, 4.69) is 0 Å². The SMILES string of the molecule is COc1ccc(N2C(=O)/C(=C\c3cc([N+](=O)[O-])ccc3[O-])SC2=S)cc1. The Morgan fingerprint density at radius 2 is 1.92 bits per heavy atom. The van der Waals surface area contributed by atoms with Gasteiger partial charge in [-0.2, -0.15) is 0 Å². The van der Waals surface area contributed by atoms with Crippen molar-refractivity contribution < 1.29 is 19.6 Å². The molecule has 1 amide bonds. The summed E-state index contributed by atoms with van der Waals surface area (Å²) in [7, 11) is 1.54. The predicted octanol–water partition coefficient (Wildman–Crippen LogP) is 3.08. The highest BCUT2D eigenvalue weighted by Crippen LogP contribution is 2.37. The number of amides is 1. The second kappa shape index (κ2) is 7.14. The third kappa shape index (κ3) is 3.39. The van der Waals surface area contributed by atoms with E-state index in [4.69, 9.17) is 17.0 Å². The van der Waals surface area contributed by atoms with Gasteiger partial charge in [-0.25, -0.2) is 0 Å². The summed E-state index contributed by atoms with van der Waals surface area (Å²) in [5.41, 5.74) is 0.411. The second-order valence-corrected chi connectivity index (χ2v) is 6.87. The molecule has 0 bridgehead atoms. The van der Waals surface area contributed by atoms with Gasteiger partial charge in [0.25, 0.3) is 11.6 Å². The summed E-state index contributed by atoms with van der Waals surface area (Å²) in [6.07, 6.45) is 1.33. The lowest BCUT2D eigenvalue weighted by atomic mass is 10.1. The maximum atomic E-state index is 12.7. The molecule has 9 heteroatoms. The van der Waals surface area contributed by atoms with Crippen LogP contribution in [0.1, 0.15) is 5.56 Å². The Balaban J connectivity index is 1.94. The molecule has 2 aromatic rings. The van der Waals surface area contributed by atoms with Gasteiger partial charge in [-0.05, 0) is 35.9 Å². The Morgan fingerprint density at radius 1 is 1.23 bits per heavy atom. The van der Waals surface area contributed by atoms with Gasteiger partial charge < -0.3 is 9.84 Å². The van der Waals surface area contributed by atoms with Crippen LogP contribution < -0.4 is 14.7 Å². The third-order valence-electron chi connectivity index (χ3n) is 3.62. The Kier molecular flexibility index (Phi) is 4.92. The molecule has 3 rings (SSSR count). The summed E-state index contributed by atoms with van der Waals surface area (Å²) < 4.78 is 5.40. The normalized spacial score (nSPS) is 15.6. The highest BCUT2D eigenvalue weighted by atomic mass is 32.2. The zero-order valence-electron chi connectivity index (χ0n) is 13.4. The fourth-order valence-corrected chi connectivity index (χ4v) is 3.61. The number of benzene rings is 2. The van der Waals surface area contributed by atoms with Crippen molar-refractivity contribution in [2.75, 3.05) is 12.0 Å². The van der Waals surface area contributed by atoms with Gasteiger partial charge in [0.2, 0.25) is 0 Å². The highest BCUT2D eigenvalue weighted by Gasteiger charge is 2.33. The van der Waals surface area contributed by atoms with E-state index in [1.807, 2.05) is 0 Å². The number of carbonyl (C=O) groups excluding carboxylic acids is 1. The van der Waals surface area contributed by atoms with E-state index in [1.54, 1.807) is 24.3 Å². The molecular weight excluding hydrogens is 376 g/mol. The first kappa shape index (κ1) is 17.9. The summed E-state index contributed by atoms with van der Waals surface area (Å²) in [6.45, 7) is 0. The maximum absolute atomic E-state index is 12.7. The molecule has 0 N–H and O–H groups in total. The van der Waals surface area contributed by atoms with Crippen molar-refractivity contribution in [1.29, 1.82) is 0 Å². The highest BCUT2D eigenvalue weighted by molar-refractivity contribution is 8.27. The lowest BCUT2D eigenvalue weighted by Crippen LogP contribution is -2.27. The summed E-state index contributed by atoms with van der Waals surface area (Å²) in [6, 6.07) is 10.2. The first-order chi connectivity index (χ1) is 12.4. The van der Waals surface area contributed by atoms with E-state index in [9.17, 15) is 20.0 Å². The summed E-state index contributed by atoms with van der Waals surface area (Å²) in [5.74, 6) is -0.163. The van der Waals surface area contributed by atoms with Crippen LogP contribution in [-0.4, -0.2) is 22.3 Å². The molecule has 132 valence electrons. The number of nitrogens with zero attached hydrogens (tertiary/aromatic N) is 2. The standard InChI is InChI=1S/C17H12N2O5S2/c1-24-13-5-2-11(3-6-13)18-16(21)15(26-17(18)25)9-10-8-12(19(22)23)4-7-14(10)20/h2-9,20H,1H3/p-1/b15-9+. The van der Waals surface area contributed by atoms with Crippen LogP contribution >= 0.6 is 24.0 Å². The van der Waals surface area contributed by atoms with E-state index < -0.39 is 16.6 Å². The Hall–Kier alpha value is -2.91. The Bertz CT molecular complexity index is 941. The molecule has 0 radical (unpaired) electrons. The number of thiocarbonyl (C=S) groups is 1. The van der Waals surface area contributed by atoms with Crippen LogP contribution in [0.2, 0.25) is 0 Å². The number of carbonyl (C=O) groups is 1. The molecule has 2 aromatic carbocycles. The van der Waals surface area contributed by atoms with Gasteiger partial charge in [-0.3, -0.25) is 19.8 Å². The molecule has 0 aliphatic carbocycles. The van der Waals surface area contributed by atoms with Crippen molar-refractivity contribution in [3.05, 3.63) is 63.0 Å². The molecule has 7 nitrogen and oxygen atoms in total. The number of rotatable bonds is 4. The average Bonchev–Trinajstić information content (AvgIpc) is 2.90. The van der Waals surface area contributed by atoms with Crippen molar-refractivity contribution in [2.45, 2.75) is 0 Å². The number of ether oxygens (including phenoxy) is 1. The minimum Gasteiger partial charge on any atom is -0.872 e. The molecule has 0 atom stereocenters. The van der Waals surface area contributed by atoms with Crippen molar-refractivity contribution in [3.63, 3.8) is 0 Å². The Labute approximate surface area is 158 Å². The second-order valence-electron chi connectivity index (χ2n) is 5.19. The van der Waals surface area contributed by atoms with Gasteiger partial charge in [0, 0.05) is 12.1 Å². The fourth-order valence-electron chi connectivity index (χ4n) is 2.33. The van der Waals surface area contributed by atoms with Gasteiger partial charge in [-0.15, -0.1) is 5.75 Å². The Morgan fingerprint density at radius 3 is 2.54 bits per heavy atom. The van der Waals surface area contributed by atoms with Crippen LogP contribution in [0.5, 0.6) is 11.5 Å². The lowest BCUT2D eigenvalue weighted by Gasteiger charge is -2.15. The van der Waals surface area contributed by atoms with E-state index >= 15 is 0 Å². The first-order valence-electron chi connectivity index (χ1n) is 7.28. The molecule has 0 saturated carbocycles. The fraction of sp³-hybridized carbons (Fsp3) is 0.0588. The van der Waals surface area contributed by atoms with Crippen LogP contribution in [0, 0.1) is 10.1 Å². The molecule has 0 spiro atoms. The van der Waals surface area contributed by atoms with Crippen LogP contribution in [0.3, 0.4) is 0 Å². The number of hydrogen-bond acceptors (Lipinski definition) is 7. The number of nitro benzene ring substituents is 1. The molecule has 0 unspecified atom stereocenters. The number of thioether (sulfide) groups is 1. The minimum absolute atomic E-state index is 0.0643. The van der Waals surface area contributed by atoms with Gasteiger partial charge >= 0.3 is 0 Å². The molecule has 1 fully saturated rings. The van der Waals surface area contributed by atoms with Crippen molar-refractivity contribution >= 4 is 51.7 Å². The quantitative estimate of drug-likeness (QED) is 0.344. The maximum Gasteiger partial charge on any atom is 0.270 e. The minimum atomic E-state index is -0.598. The monoisotopic (exact) mass is 387 g/mol. The van der Waals surface area contributed by atoms with E-state index in [0.29, 0.717) is 15.8 Å². The molecule has 1 aliphatic rings. The third-order valence-corrected chi connectivity index (χ3v) is 4.92. The number of hydrogen-bond donors (Lipinski definition) is 0. The largest absolute Gasteiger partial charge is 0.872 e. The zero-order valence-corrected chi connectivity index (χ0v) is 15.0. The van der Waals surface area contributed by atoms with Crippen molar-refractivity contribution in [3.8, 4) is 11.5 Å². The summed E-state index contributed by atoms with van der Waals surface area (Å²) >= 11 is 6.30. The van der Waals surface area contributed by atoms with Gasteiger partial charge in [0.1, 0.15) is 5.75 Å². The molecule has 1 heterocycles. The van der Waals surface area contributed by atoms with E-state index in [-0.39, 0.29) is 16.2 Å². The molecule has 1 saturated heterocycles. The molecule has 26 heavy (non-hydrogen) atoms. The number of methoxy groups -OCH3 is 1. The van der Waals surface area contributed by atoms with Gasteiger partial charge in [0.15, 0.2) is 4.32 Å². The smallest absolute Gasteiger partial charge is 0.270 e. The van der Waals surface area contributed by atoms with Gasteiger partial charge in [0.05, 0.1) is 22.6 Å². The predicted molar refractivity (Wildman–Crippen MR) is 101 cm³/mol. The topological polar surface area (TPSA) is 95.7 Å². The lowest BCUT2D eigenvalue weighted by molar-refractivity contribution is -0.385. The number of non-ortho nitro benzene ring substituents is 1. The van der Waals surface area contributed by atoms with Crippen LogP contribution in [0.15, 0.2) is 47.4 Å². The summed E-state index contributed by atoms with van der Waals surface area (Å²) in [4.78, 5) is 24.5. The molecule has 0 aromatic heterocycles. The van der Waals surface area contributed by atoms with Crippen LogP contribution in [0.25, 0.3) is 6.08 Å². The average molecular weight is 387 g/mol. The number of nitro groups is 1. The molecule has 1 aliphatic heterocycles. The van der Waals surface area contributed by atoms with E-state index in [0.717, 1.165) is 30.0 Å². The van der Waals surface area contributed by atoms with Crippen LogP contribution in [0.4, 0.5) is 11.4 Å². The number of anilines is 1. The zero-order chi connectivity index (χ0) is 18.8. The van der Waals surface area contributed by atoms with E-state index in [1.165, 1.54) is 18.1 Å². The summed E-state index contributed by atoms with van der Waals surface area (Å²) in [5, 5.41) is 22.8. The van der Waals surface area contributed by atoms with Gasteiger partial charge in [-0.1, -0.05) is 30.0 Å². The molecular formula is C17H11N2O5S2-. The first-order valence-corrected chi connectivity index (χ1v) is 8.50. The van der Waals surface area contributed by atoms with Crippen molar-refractivity contribution in [1.82, 2.24) is 0 Å². The van der Waals surface area contributed by atoms with Crippen molar-refractivity contribution in [2.24, 2.45) is 0 Å². The van der Waals surface area contributed by atoms with Crippen LogP contribution in [-0.2, 0) is 4.79 Å².